The number of halogens is 1. The van der Waals surface area contributed by atoms with Crippen LogP contribution in [0.1, 0.15) is 19.8 Å². The summed E-state index contributed by atoms with van der Waals surface area (Å²) in [5.41, 5.74) is 0.689. The summed E-state index contributed by atoms with van der Waals surface area (Å²) in [6.07, 6.45) is 3.30. The van der Waals surface area contributed by atoms with E-state index in [1.807, 2.05) is 0 Å². The summed E-state index contributed by atoms with van der Waals surface area (Å²) in [6.45, 7) is 5.61. The Bertz CT molecular complexity index is 585. The maximum absolute atomic E-state index is 13.7. The second-order valence-electron chi connectivity index (χ2n) is 5.36. The molecule has 118 valence electrons. The summed E-state index contributed by atoms with van der Waals surface area (Å²) in [6, 6.07) is 3.79. The molecule has 1 fully saturated rings. The van der Waals surface area contributed by atoms with E-state index in [4.69, 9.17) is 0 Å². The van der Waals surface area contributed by atoms with Gasteiger partial charge in [-0.25, -0.2) is 4.39 Å². The maximum Gasteiger partial charge on any atom is 0.242 e. The molecule has 1 atom stereocenters. The second kappa shape index (κ2) is 7.06. The summed E-state index contributed by atoms with van der Waals surface area (Å²) in [7, 11) is 0. The van der Waals surface area contributed by atoms with Crippen LogP contribution in [0.25, 0.3) is 0 Å². The van der Waals surface area contributed by atoms with Gasteiger partial charge in [-0.2, -0.15) is 0 Å². The van der Waals surface area contributed by atoms with Gasteiger partial charge in [0.2, 0.25) is 11.8 Å². The predicted octanol–water partition coefficient (Wildman–Crippen LogP) is 2.28. The van der Waals surface area contributed by atoms with Gasteiger partial charge >= 0.3 is 0 Å². The molecule has 0 unspecified atom stereocenters. The molecule has 0 radical (unpaired) electrons. The standard InChI is InChI=1S/C16H20FN3O2/c1-3-8-18-15(21)10(2)19-12-6-7-13(17)14(9-12)20-16(22)11-4-5-11/h3,6-7,9-11,19H,1,4-5,8H2,2H3,(H,18,21)(H,20,22)/t10-/m1/s1. The molecule has 0 saturated heterocycles. The molecule has 1 aromatic carbocycles. The number of benzene rings is 1. The van der Waals surface area contributed by atoms with Crippen molar-refractivity contribution in [3.63, 3.8) is 0 Å². The topological polar surface area (TPSA) is 70.2 Å². The van der Waals surface area contributed by atoms with Gasteiger partial charge in [0.25, 0.3) is 0 Å². The Morgan fingerprint density at radius 1 is 1.45 bits per heavy atom. The molecule has 0 heterocycles. The first-order chi connectivity index (χ1) is 10.5. The highest BCUT2D eigenvalue weighted by Gasteiger charge is 2.30. The fourth-order valence-electron chi connectivity index (χ4n) is 1.93. The van der Waals surface area contributed by atoms with E-state index in [9.17, 15) is 14.0 Å². The van der Waals surface area contributed by atoms with E-state index < -0.39 is 11.9 Å². The van der Waals surface area contributed by atoms with Crippen LogP contribution in [-0.2, 0) is 9.59 Å². The van der Waals surface area contributed by atoms with Gasteiger partial charge in [0.1, 0.15) is 11.9 Å². The first kappa shape index (κ1) is 16.0. The van der Waals surface area contributed by atoms with Crippen molar-refractivity contribution in [1.82, 2.24) is 5.32 Å². The molecule has 22 heavy (non-hydrogen) atoms. The monoisotopic (exact) mass is 305 g/mol. The fraction of sp³-hybridized carbons (Fsp3) is 0.375. The minimum Gasteiger partial charge on any atom is -0.374 e. The third kappa shape index (κ3) is 4.31. The van der Waals surface area contributed by atoms with Crippen LogP contribution in [0.5, 0.6) is 0 Å². The molecule has 2 amide bonds. The van der Waals surface area contributed by atoms with E-state index in [-0.39, 0.29) is 23.4 Å². The third-order valence-corrected chi connectivity index (χ3v) is 3.37. The number of rotatable bonds is 7. The van der Waals surface area contributed by atoms with E-state index in [0.717, 1.165) is 12.8 Å². The molecular formula is C16H20FN3O2. The number of hydrogen-bond acceptors (Lipinski definition) is 3. The van der Waals surface area contributed by atoms with Crippen LogP contribution in [-0.4, -0.2) is 24.4 Å². The van der Waals surface area contributed by atoms with Crippen LogP contribution >= 0.6 is 0 Å². The van der Waals surface area contributed by atoms with Gasteiger partial charge in [0.05, 0.1) is 5.69 Å². The Kier molecular flexibility index (Phi) is 5.14. The lowest BCUT2D eigenvalue weighted by Crippen LogP contribution is -2.37. The lowest BCUT2D eigenvalue weighted by Gasteiger charge is -2.16. The van der Waals surface area contributed by atoms with Crippen molar-refractivity contribution in [1.29, 1.82) is 0 Å². The van der Waals surface area contributed by atoms with Crippen LogP contribution in [0, 0.1) is 11.7 Å². The number of amides is 2. The normalized spacial score (nSPS) is 14.8. The highest BCUT2D eigenvalue weighted by molar-refractivity contribution is 5.94. The molecule has 6 heteroatoms. The summed E-state index contributed by atoms with van der Waals surface area (Å²) in [5.74, 6) is -0.844. The SMILES string of the molecule is C=CCNC(=O)[C@@H](C)Nc1ccc(F)c(NC(=O)C2CC2)c1. The number of anilines is 2. The molecule has 1 saturated carbocycles. The maximum atomic E-state index is 13.7. The van der Waals surface area contributed by atoms with Crippen LogP contribution in [0.4, 0.5) is 15.8 Å². The van der Waals surface area contributed by atoms with Crippen molar-refractivity contribution < 1.29 is 14.0 Å². The zero-order valence-electron chi connectivity index (χ0n) is 12.5. The zero-order valence-corrected chi connectivity index (χ0v) is 12.5. The first-order valence-electron chi connectivity index (χ1n) is 7.27. The number of carbonyl (C=O) groups is 2. The van der Waals surface area contributed by atoms with Gasteiger partial charge in [0, 0.05) is 18.2 Å². The van der Waals surface area contributed by atoms with Crippen molar-refractivity contribution >= 4 is 23.2 Å². The highest BCUT2D eigenvalue weighted by atomic mass is 19.1. The van der Waals surface area contributed by atoms with Crippen LogP contribution < -0.4 is 16.0 Å². The van der Waals surface area contributed by atoms with Gasteiger partial charge in [-0.1, -0.05) is 6.08 Å². The smallest absolute Gasteiger partial charge is 0.242 e. The van der Waals surface area contributed by atoms with Crippen molar-refractivity contribution in [3.05, 3.63) is 36.7 Å². The van der Waals surface area contributed by atoms with Crippen molar-refractivity contribution in [2.75, 3.05) is 17.2 Å². The van der Waals surface area contributed by atoms with Crippen LogP contribution in [0.15, 0.2) is 30.9 Å². The Labute approximate surface area is 129 Å². The quantitative estimate of drug-likeness (QED) is 0.677. The molecular weight excluding hydrogens is 285 g/mol. The molecule has 0 aliphatic heterocycles. The fourth-order valence-corrected chi connectivity index (χ4v) is 1.93. The predicted molar refractivity (Wildman–Crippen MR) is 84.0 cm³/mol. The molecule has 2 rings (SSSR count). The summed E-state index contributed by atoms with van der Waals surface area (Å²) < 4.78 is 13.7. The average Bonchev–Trinajstić information content (AvgIpc) is 3.32. The number of hydrogen-bond donors (Lipinski definition) is 3. The Morgan fingerprint density at radius 3 is 2.82 bits per heavy atom. The van der Waals surface area contributed by atoms with Gasteiger partial charge in [-0.15, -0.1) is 6.58 Å². The van der Waals surface area contributed by atoms with E-state index in [1.54, 1.807) is 13.0 Å². The van der Waals surface area contributed by atoms with E-state index >= 15 is 0 Å². The minimum absolute atomic E-state index is 0.000352. The molecule has 1 aliphatic carbocycles. The largest absolute Gasteiger partial charge is 0.374 e. The third-order valence-electron chi connectivity index (χ3n) is 3.37. The Hall–Kier alpha value is -2.37. The minimum atomic E-state index is -0.497. The van der Waals surface area contributed by atoms with Crippen molar-refractivity contribution in [3.8, 4) is 0 Å². The number of carbonyl (C=O) groups excluding carboxylic acids is 2. The molecule has 0 spiro atoms. The van der Waals surface area contributed by atoms with E-state index in [1.165, 1.54) is 18.2 Å². The molecule has 1 aliphatic rings. The molecule has 1 aromatic rings. The second-order valence-corrected chi connectivity index (χ2v) is 5.36. The molecule has 0 aromatic heterocycles. The van der Waals surface area contributed by atoms with Gasteiger partial charge < -0.3 is 16.0 Å². The van der Waals surface area contributed by atoms with E-state index in [2.05, 4.69) is 22.5 Å². The van der Waals surface area contributed by atoms with E-state index in [0.29, 0.717) is 12.2 Å². The summed E-state index contributed by atoms with van der Waals surface area (Å²) >= 11 is 0. The lowest BCUT2D eigenvalue weighted by molar-refractivity contribution is -0.121. The number of nitrogens with one attached hydrogen (secondary N) is 3. The van der Waals surface area contributed by atoms with Gasteiger partial charge in [-0.3, -0.25) is 9.59 Å². The van der Waals surface area contributed by atoms with Gasteiger partial charge in [-0.05, 0) is 38.0 Å². The average molecular weight is 305 g/mol. The lowest BCUT2D eigenvalue weighted by atomic mass is 10.2. The Morgan fingerprint density at radius 2 is 2.18 bits per heavy atom. The van der Waals surface area contributed by atoms with Crippen molar-refractivity contribution in [2.45, 2.75) is 25.8 Å². The summed E-state index contributed by atoms with van der Waals surface area (Å²) in [4.78, 5) is 23.5. The van der Waals surface area contributed by atoms with Gasteiger partial charge in [0.15, 0.2) is 0 Å². The zero-order chi connectivity index (χ0) is 16.1. The Balaban J connectivity index is 2.00. The molecule has 0 bridgehead atoms. The van der Waals surface area contributed by atoms with Crippen molar-refractivity contribution in [2.24, 2.45) is 5.92 Å². The molecule has 3 N–H and O–H groups in total. The first-order valence-corrected chi connectivity index (χ1v) is 7.27. The highest BCUT2D eigenvalue weighted by Crippen LogP contribution is 2.31. The van der Waals surface area contributed by atoms with Crippen LogP contribution in [0.3, 0.4) is 0 Å². The van der Waals surface area contributed by atoms with Crippen LogP contribution in [0.2, 0.25) is 0 Å². The summed E-state index contributed by atoms with van der Waals surface area (Å²) in [5, 5.41) is 8.22. The molecule has 5 nitrogen and oxygen atoms in total.